The van der Waals surface area contributed by atoms with E-state index in [4.69, 9.17) is 0 Å². The summed E-state index contributed by atoms with van der Waals surface area (Å²) in [5, 5.41) is 22.0. The Morgan fingerprint density at radius 1 is 0.903 bits per heavy atom. The summed E-state index contributed by atoms with van der Waals surface area (Å²) in [6, 6.07) is 13.8. The zero-order chi connectivity index (χ0) is 20.4. The first kappa shape index (κ1) is 16.5. The molecule has 0 radical (unpaired) electrons. The number of H-pyrrole nitrogens is 1. The number of hydrogen-bond acceptors (Lipinski definition) is 6. The highest BCUT2D eigenvalue weighted by molar-refractivity contribution is 7.20. The molecule has 0 atom stereocenters. The Kier molecular flexibility index (Phi) is 3.24. The summed E-state index contributed by atoms with van der Waals surface area (Å²) < 4.78 is 5.63. The zero-order valence-corrected chi connectivity index (χ0v) is 16.7. The van der Waals surface area contributed by atoms with E-state index < -0.39 is 0 Å². The molecule has 7 aromatic heterocycles. The number of nitrogens with zero attached hydrogens (tertiary/aromatic N) is 8. The first-order chi connectivity index (χ1) is 15.4. The van der Waals surface area contributed by atoms with Crippen molar-refractivity contribution in [2.75, 3.05) is 0 Å². The molecule has 0 aromatic carbocycles. The van der Waals surface area contributed by atoms with E-state index in [0.717, 1.165) is 49.2 Å². The van der Waals surface area contributed by atoms with Crippen LogP contribution < -0.4 is 0 Å². The minimum Gasteiger partial charge on any atom is -0.359 e. The molecule has 0 spiro atoms. The Bertz CT molecular complexity index is 1680. The molecule has 0 aliphatic carbocycles. The summed E-state index contributed by atoms with van der Waals surface area (Å²) >= 11 is 1.66. The van der Waals surface area contributed by atoms with Crippen LogP contribution in [0.5, 0.6) is 0 Å². The van der Waals surface area contributed by atoms with Crippen molar-refractivity contribution in [3.63, 3.8) is 0 Å². The van der Waals surface area contributed by atoms with Gasteiger partial charge in [-0.15, -0.1) is 26.6 Å². The molecule has 31 heavy (non-hydrogen) atoms. The normalized spacial score (nSPS) is 11.9. The SMILES string of the molecule is c1ccn2nnc(-c3c[nH]c(-c4cn5nccc5s4)c3-c3nnc4ccccn34)c2c1. The monoisotopic (exact) mass is 423 g/mol. The molecule has 7 rings (SSSR count). The predicted molar refractivity (Wildman–Crippen MR) is 117 cm³/mol. The van der Waals surface area contributed by atoms with Gasteiger partial charge in [0.1, 0.15) is 10.5 Å². The van der Waals surface area contributed by atoms with Crippen molar-refractivity contribution in [1.82, 2.24) is 44.0 Å². The Morgan fingerprint density at radius 2 is 1.84 bits per heavy atom. The summed E-state index contributed by atoms with van der Waals surface area (Å²) in [5.41, 5.74) is 5.27. The second-order valence-corrected chi connectivity index (χ2v) is 8.14. The van der Waals surface area contributed by atoms with Gasteiger partial charge in [-0.2, -0.15) is 5.10 Å². The number of thiazole rings is 1. The van der Waals surface area contributed by atoms with Gasteiger partial charge in [0.25, 0.3) is 0 Å². The van der Waals surface area contributed by atoms with E-state index in [1.165, 1.54) is 0 Å². The highest BCUT2D eigenvalue weighted by Gasteiger charge is 2.24. The Balaban J connectivity index is 1.55. The topological polar surface area (TPSA) is 93.5 Å². The van der Waals surface area contributed by atoms with Crippen molar-refractivity contribution in [2.24, 2.45) is 0 Å². The minimum atomic E-state index is 0.741. The number of hydrogen-bond donors (Lipinski definition) is 1. The molecular formula is C21H13N9S. The average Bonchev–Trinajstić information content (AvgIpc) is 3.59. The van der Waals surface area contributed by atoms with E-state index in [0.29, 0.717) is 0 Å². The molecule has 0 amide bonds. The van der Waals surface area contributed by atoms with E-state index in [1.807, 2.05) is 76.2 Å². The van der Waals surface area contributed by atoms with Gasteiger partial charge in [-0.1, -0.05) is 17.3 Å². The second kappa shape index (κ2) is 6.09. The number of pyridine rings is 2. The molecule has 148 valence electrons. The molecule has 0 fully saturated rings. The Labute approximate surface area is 178 Å². The predicted octanol–water partition coefficient (Wildman–Crippen LogP) is 3.81. The largest absolute Gasteiger partial charge is 0.359 e. The standard InChI is InChI=1S/C21H13N9S/c1-4-10-29-14(5-1)19(25-27-29)13-11-22-20(15-12-30-17(31-15)7-8-23-30)18(13)21-26-24-16-6-2-3-9-28(16)21/h1-12,22H. The summed E-state index contributed by atoms with van der Waals surface area (Å²) in [5.74, 6) is 0.741. The Morgan fingerprint density at radius 3 is 2.81 bits per heavy atom. The smallest absolute Gasteiger partial charge is 0.171 e. The number of aromatic amines is 1. The van der Waals surface area contributed by atoms with Crippen molar-refractivity contribution < 1.29 is 0 Å². The maximum absolute atomic E-state index is 4.54. The van der Waals surface area contributed by atoms with Crippen LogP contribution in [0.2, 0.25) is 0 Å². The van der Waals surface area contributed by atoms with Crippen LogP contribution in [0.15, 0.2) is 73.4 Å². The van der Waals surface area contributed by atoms with E-state index in [9.17, 15) is 0 Å². The van der Waals surface area contributed by atoms with E-state index in [1.54, 1.807) is 22.0 Å². The van der Waals surface area contributed by atoms with Gasteiger partial charge < -0.3 is 4.98 Å². The molecule has 1 N–H and O–H groups in total. The fourth-order valence-corrected chi connectivity index (χ4v) is 4.89. The van der Waals surface area contributed by atoms with Gasteiger partial charge in [-0.3, -0.25) is 4.40 Å². The lowest BCUT2D eigenvalue weighted by atomic mass is 10.1. The van der Waals surface area contributed by atoms with Gasteiger partial charge in [0, 0.05) is 30.4 Å². The first-order valence-electron chi connectivity index (χ1n) is 9.62. The summed E-state index contributed by atoms with van der Waals surface area (Å²) in [7, 11) is 0. The zero-order valence-electron chi connectivity index (χ0n) is 15.9. The van der Waals surface area contributed by atoms with Crippen LogP contribution in [0.25, 0.3) is 49.2 Å². The van der Waals surface area contributed by atoms with Gasteiger partial charge in [0.15, 0.2) is 11.5 Å². The number of rotatable bonds is 3. The number of aromatic nitrogens is 9. The van der Waals surface area contributed by atoms with E-state index >= 15 is 0 Å². The van der Waals surface area contributed by atoms with Gasteiger partial charge in [0.05, 0.1) is 27.8 Å². The van der Waals surface area contributed by atoms with Gasteiger partial charge >= 0.3 is 0 Å². The average molecular weight is 423 g/mol. The van der Waals surface area contributed by atoms with Crippen LogP contribution in [-0.2, 0) is 0 Å². The fraction of sp³-hybridized carbons (Fsp3) is 0. The minimum absolute atomic E-state index is 0.741. The molecule has 7 aromatic rings. The summed E-state index contributed by atoms with van der Waals surface area (Å²) in [6.45, 7) is 0. The Hall–Kier alpha value is -4.31. The van der Waals surface area contributed by atoms with Crippen LogP contribution in [-0.4, -0.2) is 44.0 Å². The van der Waals surface area contributed by atoms with Crippen molar-refractivity contribution >= 4 is 27.3 Å². The fourth-order valence-electron chi connectivity index (χ4n) is 3.93. The van der Waals surface area contributed by atoms with E-state index in [-0.39, 0.29) is 0 Å². The van der Waals surface area contributed by atoms with Crippen LogP contribution in [0.1, 0.15) is 0 Å². The van der Waals surface area contributed by atoms with E-state index in [2.05, 4.69) is 30.6 Å². The summed E-state index contributed by atoms with van der Waals surface area (Å²) in [6.07, 6.45) is 9.64. The van der Waals surface area contributed by atoms with Crippen LogP contribution in [0.3, 0.4) is 0 Å². The second-order valence-electron chi connectivity index (χ2n) is 7.08. The maximum Gasteiger partial charge on any atom is 0.171 e. The molecule has 10 heteroatoms. The van der Waals surface area contributed by atoms with Gasteiger partial charge in [-0.05, 0) is 30.3 Å². The molecule has 9 nitrogen and oxygen atoms in total. The van der Waals surface area contributed by atoms with Crippen LogP contribution in [0.4, 0.5) is 0 Å². The lowest BCUT2D eigenvalue weighted by Crippen LogP contribution is -1.92. The first-order valence-corrected chi connectivity index (χ1v) is 10.4. The van der Waals surface area contributed by atoms with Gasteiger partial charge in [-0.25, -0.2) is 9.03 Å². The van der Waals surface area contributed by atoms with Crippen LogP contribution in [0, 0.1) is 0 Å². The highest BCUT2D eigenvalue weighted by atomic mass is 32.1. The molecule has 0 aliphatic rings. The van der Waals surface area contributed by atoms with Crippen molar-refractivity contribution in [2.45, 2.75) is 0 Å². The molecule has 7 heterocycles. The molecule has 0 saturated carbocycles. The number of nitrogens with one attached hydrogen (secondary N) is 1. The molecule has 0 saturated heterocycles. The third-order valence-electron chi connectivity index (χ3n) is 5.33. The molecule has 0 unspecified atom stereocenters. The quantitative estimate of drug-likeness (QED) is 0.466. The molecule has 0 bridgehead atoms. The van der Waals surface area contributed by atoms with Crippen molar-refractivity contribution in [1.29, 1.82) is 0 Å². The van der Waals surface area contributed by atoms with Crippen molar-refractivity contribution in [3.05, 3.63) is 73.4 Å². The summed E-state index contributed by atoms with van der Waals surface area (Å²) in [4.78, 5) is 5.58. The lowest BCUT2D eigenvalue weighted by Gasteiger charge is -2.04. The van der Waals surface area contributed by atoms with Crippen LogP contribution >= 0.6 is 11.3 Å². The number of fused-ring (bicyclic) bond motifs is 3. The third kappa shape index (κ3) is 2.33. The van der Waals surface area contributed by atoms with Crippen molar-refractivity contribution in [3.8, 4) is 33.2 Å². The lowest BCUT2D eigenvalue weighted by molar-refractivity contribution is 0.857. The third-order valence-corrected chi connectivity index (χ3v) is 6.39. The highest BCUT2D eigenvalue weighted by Crippen LogP contribution is 2.41. The maximum atomic E-state index is 4.54. The molecular weight excluding hydrogens is 410 g/mol. The van der Waals surface area contributed by atoms with Gasteiger partial charge in [0.2, 0.25) is 0 Å². The molecule has 0 aliphatic heterocycles.